The predicted molar refractivity (Wildman–Crippen MR) is 65.0 cm³/mol. The molecule has 2 rings (SSSR count). The fraction of sp³-hybridized carbons (Fsp3) is 0.455. The van der Waals surface area contributed by atoms with Crippen LogP contribution in [0.1, 0.15) is 12.5 Å². The van der Waals surface area contributed by atoms with Gasteiger partial charge in [0.1, 0.15) is 0 Å². The highest BCUT2D eigenvalue weighted by Gasteiger charge is 2.44. The summed E-state index contributed by atoms with van der Waals surface area (Å²) in [6, 6.07) is 4.82. The highest BCUT2D eigenvalue weighted by atomic mass is 32.2. The summed E-state index contributed by atoms with van der Waals surface area (Å²) in [5.74, 6) is 0. The molecule has 0 atom stereocenters. The van der Waals surface area contributed by atoms with Gasteiger partial charge in [-0.1, -0.05) is 6.07 Å². The lowest BCUT2D eigenvalue weighted by atomic mass is 10.0. The Hall–Kier alpha value is -1.11. The molecule has 1 fully saturated rings. The monoisotopic (exact) mass is 256 g/mol. The fourth-order valence-electron chi connectivity index (χ4n) is 1.93. The first kappa shape index (κ1) is 12.3. The Bertz CT molecular complexity index is 544. The van der Waals surface area contributed by atoms with E-state index in [1.807, 2.05) is 0 Å². The van der Waals surface area contributed by atoms with Gasteiger partial charge in [-0.05, 0) is 31.5 Å². The second-order valence-electron chi connectivity index (χ2n) is 4.74. The standard InChI is InChI=1S/C11H16N2O3S/c1-8-9(12)4-3-5-10(8)17(15,16)13-6-11(2,14)7-13/h3-5,14H,6-7,12H2,1-2H3. The third-order valence-corrected chi connectivity index (χ3v) is 4.91. The van der Waals surface area contributed by atoms with Crippen molar-refractivity contribution in [3.05, 3.63) is 23.8 Å². The maximum absolute atomic E-state index is 12.2. The van der Waals surface area contributed by atoms with Gasteiger partial charge in [0, 0.05) is 18.8 Å². The van der Waals surface area contributed by atoms with Crippen LogP contribution in [0.15, 0.2) is 23.1 Å². The molecule has 0 saturated carbocycles. The number of sulfonamides is 1. The number of hydrogen-bond acceptors (Lipinski definition) is 4. The molecule has 1 aliphatic rings. The van der Waals surface area contributed by atoms with Crippen LogP contribution in [0.3, 0.4) is 0 Å². The van der Waals surface area contributed by atoms with Gasteiger partial charge in [0.25, 0.3) is 0 Å². The van der Waals surface area contributed by atoms with Crippen LogP contribution in [0.5, 0.6) is 0 Å². The molecule has 6 heteroatoms. The second-order valence-corrected chi connectivity index (χ2v) is 6.65. The normalized spacial score (nSPS) is 19.9. The average Bonchev–Trinajstić information content (AvgIpc) is 2.18. The number of β-amino-alcohol motifs (C(OH)–C–C–N with tert-alkyl or cyclic N) is 1. The van der Waals surface area contributed by atoms with E-state index in [4.69, 9.17) is 5.73 Å². The maximum atomic E-state index is 12.2. The highest BCUT2D eigenvalue weighted by molar-refractivity contribution is 7.89. The van der Waals surface area contributed by atoms with Crippen molar-refractivity contribution in [1.29, 1.82) is 0 Å². The molecule has 0 spiro atoms. The molecule has 17 heavy (non-hydrogen) atoms. The summed E-state index contributed by atoms with van der Waals surface area (Å²) in [5.41, 5.74) is 5.79. The lowest BCUT2D eigenvalue weighted by Crippen LogP contribution is -2.61. The first-order valence-corrected chi connectivity index (χ1v) is 6.76. The smallest absolute Gasteiger partial charge is 0.243 e. The van der Waals surface area contributed by atoms with E-state index in [0.717, 1.165) is 0 Å². The van der Waals surface area contributed by atoms with Gasteiger partial charge in [-0.15, -0.1) is 0 Å². The van der Waals surface area contributed by atoms with Gasteiger partial charge < -0.3 is 10.8 Å². The lowest BCUT2D eigenvalue weighted by molar-refractivity contribution is -0.0426. The van der Waals surface area contributed by atoms with Crippen molar-refractivity contribution >= 4 is 15.7 Å². The van der Waals surface area contributed by atoms with E-state index in [-0.39, 0.29) is 18.0 Å². The number of aliphatic hydroxyl groups is 1. The average molecular weight is 256 g/mol. The van der Waals surface area contributed by atoms with Crippen molar-refractivity contribution in [3.63, 3.8) is 0 Å². The number of anilines is 1. The zero-order chi connectivity index (χ0) is 12.8. The molecule has 0 aromatic heterocycles. The number of rotatable bonds is 2. The molecule has 1 heterocycles. The summed E-state index contributed by atoms with van der Waals surface area (Å²) in [5, 5.41) is 9.59. The topological polar surface area (TPSA) is 83.6 Å². The molecule has 3 N–H and O–H groups in total. The molecular formula is C11H16N2O3S. The van der Waals surface area contributed by atoms with Crippen LogP contribution < -0.4 is 5.73 Å². The van der Waals surface area contributed by atoms with E-state index >= 15 is 0 Å². The first-order chi connectivity index (χ1) is 7.74. The summed E-state index contributed by atoms with van der Waals surface area (Å²) in [7, 11) is -3.53. The van der Waals surface area contributed by atoms with E-state index in [0.29, 0.717) is 11.3 Å². The number of nitrogens with two attached hydrogens (primary N) is 1. The Kier molecular flexibility index (Phi) is 2.68. The lowest BCUT2D eigenvalue weighted by Gasteiger charge is -2.43. The summed E-state index contributed by atoms with van der Waals surface area (Å²) < 4.78 is 25.7. The molecule has 0 aliphatic carbocycles. The molecule has 5 nitrogen and oxygen atoms in total. The van der Waals surface area contributed by atoms with Gasteiger partial charge in [0.15, 0.2) is 0 Å². The maximum Gasteiger partial charge on any atom is 0.243 e. The van der Waals surface area contributed by atoms with E-state index in [1.54, 1.807) is 26.0 Å². The van der Waals surface area contributed by atoms with E-state index in [1.165, 1.54) is 10.4 Å². The zero-order valence-electron chi connectivity index (χ0n) is 9.84. The Morgan fingerprint density at radius 1 is 1.41 bits per heavy atom. The van der Waals surface area contributed by atoms with E-state index in [2.05, 4.69) is 0 Å². The molecule has 1 aromatic rings. The summed E-state index contributed by atoms with van der Waals surface area (Å²) in [6.45, 7) is 3.55. The van der Waals surface area contributed by atoms with Gasteiger partial charge in [-0.3, -0.25) is 0 Å². The van der Waals surface area contributed by atoms with Crippen LogP contribution >= 0.6 is 0 Å². The van der Waals surface area contributed by atoms with Crippen molar-refractivity contribution < 1.29 is 13.5 Å². The van der Waals surface area contributed by atoms with Crippen LogP contribution in [0.25, 0.3) is 0 Å². The fourth-order valence-corrected chi connectivity index (χ4v) is 3.86. The van der Waals surface area contributed by atoms with Crippen molar-refractivity contribution in [2.24, 2.45) is 0 Å². The summed E-state index contributed by atoms with van der Waals surface area (Å²) in [4.78, 5) is 0.216. The number of hydrogen-bond donors (Lipinski definition) is 2. The molecule has 94 valence electrons. The molecule has 0 radical (unpaired) electrons. The van der Waals surface area contributed by atoms with Gasteiger partial charge in [0.05, 0.1) is 10.5 Å². The van der Waals surface area contributed by atoms with Crippen molar-refractivity contribution in [3.8, 4) is 0 Å². The van der Waals surface area contributed by atoms with Gasteiger partial charge in [0.2, 0.25) is 10.0 Å². The Morgan fingerprint density at radius 2 is 2.00 bits per heavy atom. The molecule has 1 aromatic carbocycles. The Morgan fingerprint density at radius 3 is 2.53 bits per heavy atom. The van der Waals surface area contributed by atoms with Gasteiger partial charge in [-0.2, -0.15) is 4.31 Å². The van der Waals surface area contributed by atoms with Crippen molar-refractivity contribution in [1.82, 2.24) is 4.31 Å². The molecular weight excluding hydrogens is 240 g/mol. The summed E-state index contributed by atoms with van der Waals surface area (Å²) >= 11 is 0. The Balaban J connectivity index is 2.37. The van der Waals surface area contributed by atoms with Crippen LogP contribution in [-0.2, 0) is 10.0 Å². The third-order valence-electron chi connectivity index (χ3n) is 2.98. The van der Waals surface area contributed by atoms with Crippen molar-refractivity contribution in [2.45, 2.75) is 24.3 Å². The minimum absolute atomic E-state index is 0.129. The first-order valence-electron chi connectivity index (χ1n) is 5.32. The van der Waals surface area contributed by atoms with E-state index in [9.17, 15) is 13.5 Å². The Labute approximate surface area is 101 Å². The van der Waals surface area contributed by atoms with Crippen LogP contribution in [0.4, 0.5) is 5.69 Å². The second kappa shape index (κ2) is 3.69. The number of benzene rings is 1. The quantitative estimate of drug-likeness (QED) is 0.747. The minimum atomic E-state index is -3.53. The predicted octanol–water partition coefficient (Wildman–Crippen LogP) is 0.333. The van der Waals surface area contributed by atoms with Crippen LogP contribution in [-0.4, -0.2) is 36.5 Å². The van der Waals surface area contributed by atoms with E-state index < -0.39 is 15.6 Å². The molecule has 0 unspecified atom stereocenters. The zero-order valence-corrected chi connectivity index (χ0v) is 10.7. The molecule has 0 amide bonds. The highest BCUT2D eigenvalue weighted by Crippen LogP contribution is 2.30. The van der Waals surface area contributed by atoms with Crippen molar-refractivity contribution in [2.75, 3.05) is 18.8 Å². The summed E-state index contributed by atoms with van der Waals surface area (Å²) in [6.07, 6.45) is 0. The SMILES string of the molecule is Cc1c(N)cccc1S(=O)(=O)N1CC(C)(O)C1. The van der Waals surface area contributed by atoms with Crippen LogP contribution in [0, 0.1) is 6.92 Å². The minimum Gasteiger partial charge on any atom is -0.398 e. The largest absolute Gasteiger partial charge is 0.398 e. The molecule has 1 aliphatic heterocycles. The number of nitrogen functional groups attached to an aromatic ring is 1. The molecule has 0 bridgehead atoms. The van der Waals surface area contributed by atoms with Gasteiger partial charge >= 0.3 is 0 Å². The van der Waals surface area contributed by atoms with Crippen LogP contribution in [0.2, 0.25) is 0 Å². The van der Waals surface area contributed by atoms with Gasteiger partial charge in [-0.25, -0.2) is 8.42 Å². The third kappa shape index (κ3) is 2.03. The molecule has 1 saturated heterocycles. The number of nitrogens with zero attached hydrogens (tertiary/aromatic N) is 1.